The first-order valence-electron chi connectivity index (χ1n) is 6.42. The lowest BCUT2D eigenvalue weighted by molar-refractivity contribution is 0.626. The number of halogens is 2. The molecule has 0 aliphatic heterocycles. The van der Waals surface area contributed by atoms with E-state index in [2.05, 4.69) is 20.6 Å². The molecule has 7 heteroatoms. The minimum Gasteiger partial charge on any atom is -0.355 e. The molecule has 21 heavy (non-hydrogen) atoms. The van der Waals surface area contributed by atoms with Gasteiger partial charge in [0, 0.05) is 39.1 Å². The molecule has 0 aliphatic rings. The van der Waals surface area contributed by atoms with Gasteiger partial charge < -0.3 is 15.2 Å². The van der Waals surface area contributed by atoms with E-state index in [1.807, 2.05) is 10.8 Å². The number of imidazole rings is 1. The number of nitrogens with zero attached hydrogens (tertiary/aromatic N) is 3. The van der Waals surface area contributed by atoms with Gasteiger partial charge in [-0.15, -0.1) is 24.0 Å². The van der Waals surface area contributed by atoms with Crippen LogP contribution in [0.3, 0.4) is 0 Å². The summed E-state index contributed by atoms with van der Waals surface area (Å²) in [6.07, 6.45) is 5.44. The minimum absolute atomic E-state index is 0. The summed E-state index contributed by atoms with van der Waals surface area (Å²) in [7, 11) is 1.72. The lowest BCUT2D eigenvalue weighted by Crippen LogP contribution is -2.38. The monoisotopic (exact) mass is 403 g/mol. The summed E-state index contributed by atoms with van der Waals surface area (Å²) in [5.41, 5.74) is 1.00. The molecule has 0 spiro atoms. The van der Waals surface area contributed by atoms with Gasteiger partial charge in [0.25, 0.3) is 0 Å². The van der Waals surface area contributed by atoms with Crippen LogP contribution in [0, 0.1) is 5.82 Å². The summed E-state index contributed by atoms with van der Waals surface area (Å²) in [5, 5.41) is 6.38. The van der Waals surface area contributed by atoms with Gasteiger partial charge in [0.15, 0.2) is 5.96 Å². The van der Waals surface area contributed by atoms with Crippen molar-refractivity contribution in [3.05, 3.63) is 54.4 Å². The number of hydrogen-bond donors (Lipinski definition) is 2. The minimum atomic E-state index is -0.225. The summed E-state index contributed by atoms with van der Waals surface area (Å²) in [6, 6.07) is 6.40. The van der Waals surface area contributed by atoms with Crippen molar-refractivity contribution in [3.8, 4) is 0 Å². The molecule has 1 heterocycles. The molecule has 0 amide bonds. The van der Waals surface area contributed by atoms with Crippen LogP contribution in [0.2, 0.25) is 0 Å². The van der Waals surface area contributed by atoms with E-state index in [-0.39, 0.29) is 29.8 Å². The van der Waals surface area contributed by atoms with Crippen LogP contribution in [0.4, 0.5) is 4.39 Å². The van der Waals surface area contributed by atoms with Gasteiger partial charge in [0.2, 0.25) is 0 Å². The van der Waals surface area contributed by atoms with E-state index < -0.39 is 0 Å². The van der Waals surface area contributed by atoms with Crippen LogP contribution in [0.15, 0.2) is 48.0 Å². The van der Waals surface area contributed by atoms with Crippen molar-refractivity contribution in [2.24, 2.45) is 4.99 Å². The molecule has 1 aromatic heterocycles. The first-order valence-corrected chi connectivity index (χ1v) is 6.42. The summed E-state index contributed by atoms with van der Waals surface area (Å²) in [6.45, 7) is 2.17. The van der Waals surface area contributed by atoms with Crippen molar-refractivity contribution in [2.45, 2.75) is 13.1 Å². The molecule has 0 aliphatic carbocycles. The molecule has 0 unspecified atom stereocenters. The van der Waals surface area contributed by atoms with Gasteiger partial charge in [0.05, 0.1) is 6.33 Å². The Morgan fingerprint density at radius 2 is 2.05 bits per heavy atom. The molecule has 2 rings (SSSR count). The molecule has 0 radical (unpaired) electrons. The zero-order valence-corrected chi connectivity index (χ0v) is 14.1. The predicted octanol–water partition coefficient (Wildman–Crippen LogP) is 2.01. The van der Waals surface area contributed by atoms with Crippen molar-refractivity contribution in [1.29, 1.82) is 0 Å². The topological polar surface area (TPSA) is 54.2 Å². The number of aromatic nitrogens is 2. The zero-order valence-electron chi connectivity index (χ0n) is 11.8. The maximum Gasteiger partial charge on any atom is 0.191 e. The van der Waals surface area contributed by atoms with Gasteiger partial charge in [-0.2, -0.15) is 0 Å². The Morgan fingerprint density at radius 3 is 2.67 bits per heavy atom. The molecule has 1 aromatic carbocycles. The maximum atomic E-state index is 12.8. The number of nitrogens with one attached hydrogen (secondary N) is 2. The van der Waals surface area contributed by atoms with E-state index in [4.69, 9.17) is 0 Å². The second kappa shape index (κ2) is 9.32. The quantitative estimate of drug-likeness (QED) is 0.456. The first-order chi connectivity index (χ1) is 9.78. The molecular formula is C14H19FIN5. The molecule has 5 nitrogen and oxygen atoms in total. The third kappa shape index (κ3) is 6.11. The molecule has 0 fully saturated rings. The number of aliphatic imine (C=N–C) groups is 1. The van der Waals surface area contributed by atoms with Crippen LogP contribution in [0.25, 0.3) is 0 Å². The lowest BCUT2D eigenvalue weighted by Gasteiger charge is -2.12. The van der Waals surface area contributed by atoms with E-state index in [1.165, 1.54) is 12.1 Å². The standard InChI is InChI=1S/C14H18FN5.HI/c1-16-14(18-7-9-20-8-6-17-11-20)19-10-12-2-4-13(15)5-3-12;/h2-6,8,11H,7,9-10H2,1H3,(H2,16,18,19);1H. The molecule has 0 saturated carbocycles. The van der Waals surface area contributed by atoms with E-state index in [9.17, 15) is 4.39 Å². The van der Waals surface area contributed by atoms with Crippen LogP contribution in [-0.2, 0) is 13.1 Å². The van der Waals surface area contributed by atoms with Crippen molar-refractivity contribution in [1.82, 2.24) is 20.2 Å². The third-order valence-electron chi connectivity index (χ3n) is 2.82. The highest BCUT2D eigenvalue weighted by Crippen LogP contribution is 2.01. The van der Waals surface area contributed by atoms with Crippen molar-refractivity contribution in [3.63, 3.8) is 0 Å². The van der Waals surface area contributed by atoms with E-state index in [0.717, 1.165) is 24.6 Å². The number of rotatable bonds is 5. The van der Waals surface area contributed by atoms with Gasteiger partial charge in [-0.25, -0.2) is 9.37 Å². The van der Waals surface area contributed by atoms with Gasteiger partial charge in [-0.1, -0.05) is 12.1 Å². The average molecular weight is 403 g/mol. The Kier molecular flexibility index (Phi) is 7.73. The highest BCUT2D eigenvalue weighted by Gasteiger charge is 1.98. The zero-order chi connectivity index (χ0) is 14.2. The summed E-state index contributed by atoms with van der Waals surface area (Å²) < 4.78 is 14.8. The summed E-state index contributed by atoms with van der Waals surface area (Å²) in [5.74, 6) is 0.492. The second-order valence-corrected chi connectivity index (χ2v) is 4.28. The third-order valence-corrected chi connectivity index (χ3v) is 2.82. The summed E-state index contributed by atoms with van der Waals surface area (Å²) >= 11 is 0. The Balaban J connectivity index is 0.00000220. The molecular weight excluding hydrogens is 384 g/mol. The van der Waals surface area contributed by atoms with Crippen LogP contribution in [0.1, 0.15) is 5.56 Å². The van der Waals surface area contributed by atoms with Gasteiger partial charge in [-0.05, 0) is 17.7 Å². The second-order valence-electron chi connectivity index (χ2n) is 4.28. The first kappa shape index (κ1) is 17.4. The van der Waals surface area contributed by atoms with Crippen LogP contribution in [0.5, 0.6) is 0 Å². The van der Waals surface area contributed by atoms with Crippen molar-refractivity contribution in [2.75, 3.05) is 13.6 Å². The van der Waals surface area contributed by atoms with E-state index in [1.54, 1.807) is 31.7 Å². The van der Waals surface area contributed by atoms with Crippen LogP contribution >= 0.6 is 24.0 Å². The lowest BCUT2D eigenvalue weighted by atomic mass is 10.2. The molecule has 0 atom stereocenters. The fourth-order valence-electron chi connectivity index (χ4n) is 1.73. The Bertz CT molecular complexity index is 539. The van der Waals surface area contributed by atoms with Gasteiger partial charge in [0.1, 0.15) is 5.82 Å². The van der Waals surface area contributed by atoms with E-state index in [0.29, 0.717) is 6.54 Å². The molecule has 2 aromatic rings. The number of hydrogen-bond acceptors (Lipinski definition) is 2. The fourth-order valence-corrected chi connectivity index (χ4v) is 1.73. The Labute approximate surface area is 140 Å². The Morgan fingerprint density at radius 1 is 1.29 bits per heavy atom. The SMILES string of the molecule is CN=C(NCCn1ccnc1)NCc1ccc(F)cc1.I. The molecule has 114 valence electrons. The number of guanidine groups is 1. The molecule has 0 bridgehead atoms. The fraction of sp³-hybridized carbons (Fsp3) is 0.286. The average Bonchev–Trinajstić information content (AvgIpc) is 2.97. The van der Waals surface area contributed by atoms with Crippen molar-refractivity contribution < 1.29 is 4.39 Å². The summed E-state index contributed by atoms with van der Waals surface area (Å²) in [4.78, 5) is 8.12. The normalized spacial score (nSPS) is 10.9. The van der Waals surface area contributed by atoms with Gasteiger partial charge in [-0.3, -0.25) is 4.99 Å². The van der Waals surface area contributed by atoms with Gasteiger partial charge >= 0.3 is 0 Å². The molecule has 2 N–H and O–H groups in total. The van der Waals surface area contributed by atoms with E-state index >= 15 is 0 Å². The number of benzene rings is 1. The van der Waals surface area contributed by atoms with Crippen LogP contribution < -0.4 is 10.6 Å². The van der Waals surface area contributed by atoms with Crippen molar-refractivity contribution >= 4 is 29.9 Å². The maximum absolute atomic E-state index is 12.8. The van der Waals surface area contributed by atoms with Crippen LogP contribution in [-0.4, -0.2) is 29.1 Å². The molecule has 0 saturated heterocycles. The smallest absolute Gasteiger partial charge is 0.191 e. The Hall–Kier alpha value is -1.64. The highest BCUT2D eigenvalue weighted by atomic mass is 127. The largest absolute Gasteiger partial charge is 0.355 e. The highest BCUT2D eigenvalue weighted by molar-refractivity contribution is 14.0. The predicted molar refractivity (Wildman–Crippen MR) is 92.2 cm³/mol.